The predicted octanol–water partition coefficient (Wildman–Crippen LogP) is 3.31. The fourth-order valence-corrected chi connectivity index (χ4v) is 3.17. The molecule has 3 aromatic heterocycles. The molecule has 0 aliphatic heterocycles. The number of nitrogens with zero attached hydrogens (tertiary/aromatic N) is 4. The summed E-state index contributed by atoms with van der Waals surface area (Å²) >= 11 is 1.58. The molecule has 0 aliphatic rings. The Morgan fingerprint density at radius 1 is 1.29 bits per heavy atom. The first-order valence-electron chi connectivity index (χ1n) is 6.35. The zero-order chi connectivity index (χ0) is 14.4. The largest absolute Gasteiger partial charge is 0.341 e. The number of rotatable bonds is 3. The standard InChI is InChI=1S/C14H10N4O2S/c19-18(20)12-2-1-10-3-4-16(13(10)7-12)8-11-9-17-5-6-21-14(17)15-11/h1-7,9H,8H2. The van der Waals surface area contributed by atoms with Crippen molar-refractivity contribution in [1.29, 1.82) is 0 Å². The van der Waals surface area contributed by atoms with E-state index in [1.54, 1.807) is 23.5 Å². The van der Waals surface area contributed by atoms with E-state index in [9.17, 15) is 10.1 Å². The van der Waals surface area contributed by atoms with Crippen molar-refractivity contribution in [2.75, 3.05) is 0 Å². The zero-order valence-corrected chi connectivity index (χ0v) is 11.7. The fourth-order valence-electron chi connectivity index (χ4n) is 2.45. The molecule has 3 heterocycles. The molecule has 0 bridgehead atoms. The molecule has 0 saturated carbocycles. The van der Waals surface area contributed by atoms with Gasteiger partial charge in [0.15, 0.2) is 4.96 Å². The Morgan fingerprint density at radius 2 is 2.19 bits per heavy atom. The summed E-state index contributed by atoms with van der Waals surface area (Å²) in [7, 11) is 0. The Hall–Kier alpha value is -2.67. The van der Waals surface area contributed by atoms with E-state index < -0.39 is 0 Å². The summed E-state index contributed by atoms with van der Waals surface area (Å²) in [6.07, 6.45) is 5.88. The van der Waals surface area contributed by atoms with Crippen LogP contribution in [0.5, 0.6) is 0 Å². The maximum Gasteiger partial charge on any atom is 0.271 e. The van der Waals surface area contributed by atoms with Gasteiger partial charge in [-0.15, -0.1) is 11.3 Å². The molecule has 0 fully saturated rings. The number of nitro groups is 1. The Kier molecular flexibility index (Phi) is 2.55. The number of hydrogen-bond acceptors (Lipinski definition) is 4. The third-order valence-corrected chi connectivity index (χ3v) is 4.21. The van der Waals surface area contributed by atoms with Crippen LogP contribution in [0.1, 0.15) is 5.69 Å². The molecule has 21 heavy (non-hydrogen) atoms. The maximum atomic E-state index is 10.9. The van der Waals surface area contributed by atoms with Crippen LogP contribution in [-0.4, -0.2) is 18.9 Å². The predicted molar refractivity (Wildman–Crippen MR) is 80.8 cm³/mol. The Balaban J connectivity index is 1.77. The molecule has 0 spiro atoms. The Labute approximate surface area is 123 Å². The van der Waals surface area contributed by atoms with E-state index in [0.29, 0.717) is 6.54 Å². The fraction of sp³-hybridized carbons (Fsp3) is 0.0714. The van der Waals surface area contributed by atoms with Gasteiger partial charge in [-0.25, -0.2) is 4.98 Å². The van der Waals surface area contributed by atoms with Crippen LogP contribution in [-0.2, 0) is 6.54 Å². The number of imidazole rings is 1. The molecule has 7 heteroatoms. The minimum Gasteiger partial charge on any atom is -0.341 e. The maximum absolute atomic E-state index is 10.9. The van der Waals surface area contributed by atoms with Gasteiger partial charge >= 0.3 is 0 Å². The van der Waals surface area contributed by atoms with Gasteiger partial charge < -0.3 is 4.57 Å². The number of benzene rings is 1. The highest BCUT2D eigenvalue weighted by molar-refractivity contribution is 7.15. The topological polar surface area (TPSA) is 65.4 Å². The highest BCUT2D eigenvalue weighted by atomic mass is 32.1. The molecule has 0 unspecified atom stereocenters. The minimum atomic E-state index is -0.372. The zero-order valence-electron chi connectivity index (χ0n) is 10.8. The van der Waals surface area contributed by atoms with Gasteiger partial charge in [0.05, 0.1) is 22.7 Å². The van der Waals surface area contributed by atoms with Crippen molar-refractivity contribution in [2.45, 2.75) is 6.54 Å². The Bertz CT molecular complexity index is 937. The highest BCUT2D eigenvalue weighted by Crippen LogP contribution is 2.23. The molecule has 4 rings (SSSR count). The molecule has 104 valence electrons. The molecule has 4 aromatic rings. The molecule has 0 atom stereocenters. The molecule has 0 saturated heterocycles. The van der Waals surface area contributed by atoms with Crippen molar-refractivity contribution in [2.24, 2.45) is 0 Å². The number of thiazole rings is 1. The van der Waals surface area contributed by atoms with Crippen LogP contribution < -0.4 is 0 Å². The molecule has 0 N–H and O–H groups in total. The van der Waals surface area contributed by atoms with E-state index in [2.05, 4.69) is 4.98 Å². The van der Waals surface area contributed by atoms with Crippen molar-refractivity contribution in [3.63, 3.8) is 0 Å². The van der Waals surface area contributed by atoms with Gasteiger partial charge in [-0.1, -0.05) is 0 Å². The van der Waals surface area contributed by atoms with Gasteiger partial charge in [0, 0.05) is 41.5 Å². The second-order valence-corrected chi connectivity index (χ2v) is 5.64. The summed E-state index contributed by atoms with van der Waals surface area (Å²) in [5.41, 5.74) is 1.89. The van der Waals surface area contributed by atoms with E-state index in [0.717, 1.165) is 21.6 Å². The summed E-state index contributed by atoms with van der Waals surface area (Å²) in [5.74, 6) is 0. The van der Waals surface area contributed by atoms with Crippen molar-refractivity contribution in [1.82, 2.24) is 14.0 Å². The first-order valence-corrected chi connectivity index (χ1v) is 7.23. The third-order valence-electron chi connectivity index (χ3n) is 3.44. The molecule has 1 aromatic carbocycles. The van der Waals surface area contributed by atoms with Crippen molar-refractivity contribution < 1.29 is 4.92 Å². The summed E-state index contributed by atoms with van der Waals surface area (Å²) in [6, 6.07) is 6.86. The lowest BCUT2D eigenvalue weighted by atomic mass is 10.2. The smallest absolute Gasteiger partial charge is 0.271 e. The van der Waals surface area contributed by atoms with E-state index in [1.807, 2.05) is 39.0 Å². The normalized spacial score (nSPS) is 11.4. The van der Waals surface area contributed by atoms with Crippen LogP contribution in [0.3, 0.4) is 0 Å². The highest BCUT2D eigenvalue weighted by Gasteiger charge is 2.10. The number of nitro benzene ring substituents is 1. The van der Waals surface area contributed by atoms with Gasteiger partial charge in [-0.05, 0) is 12.1 Å². The van der Waals surface area contributed by atoms with Gasteiger partial charge in [-0.2, -0.15) is 0 Å². The average Bonchev–Trinajstić information content (AvgIpc) is 3.13. The van der Waals surface area contributed by atoms with Gasteiger partial charge in [0.1, 0.15) is 0 Å². The molecule has 0 aliphatic carbocycles. The first-order chi connectivity index (χ1) is 10.2. The summed E-state index contributed by atoms with van der Waals surface area (Å²) < 4.78 is 3.96. The lowest BCUT2D eigenvalue weighted by Gasteiger charge is -2.02. The lowest BCUT2D eigenvalue weighted by Crippen LogP contribution is -1.98. The molecule has 6 nitrogen and oxygen atoms in total. The molecule has 0 amide bonds. The van der Waals surface area contributed by atoms with E-state index in [1.165, 1.54) is 6.07 Å². The SMILES string of the molecule is O=[N+]([O-])c1ccc2ccn(Cc3cn4ccsc4n3)c2c1. The number of non-ortho nitro benzene ring substituents is 1. The number of hydrogen-bond donors (Lipinski definition) is 0. The second-order valence-electron chi connectivity index (χ2n) is 4.77. The first kappa shape index (κ1) is 12.1. The van der Waals surface area contributed by atoms with Crippen LogP contribution in [0.4, 0.5) is 5.69 Å². The minimum absolute atomic E-state index is 0.105. The summed E-state index contributed by atoms with van der Waals surface area (Å²) in [4.78, 5) is 16.0. The van der Waals surface area contributed by atoms with E-state index in [4.69, 9.17) is 0 Å². The van der Waals surface area contributed by atoms with Crippen LogP contribution in [0.2, 0.25) is 0 Å². The van der Waals surface area contributed by atoms with Crippen molar-refractivity contribution >= 4 is 32.9 Å². The third kappa shape index (κ3) is 1.98. The quantitative estimate of drug-likeness (QED) is 0.430. The second kappa shape index (κ2) is 4.42. The van der Waals surface area contributed by atoms with Crippen LogP contribution in [0.15, 0.2) is 48.2 Å². The molecular formula is C14H10N4O2S. The summed E-state index contributed by atoms with van der Waals surface area (Å²) in [6.45, 7) is 0.596. The van der Waals surface area contributed by atoms with Crippen LogP contribution in [0, 0.1) is 10.1 Å². The van der Waals surface area contributed by atoms with Crippen molar-refractivity contribution in [3.8, 4) is 0 Å². The Morgan fingerprint density at radius 3 is 3.00 bits per heavy atom. The van der Waals surface area contributed by atoms with Gasteiger partial charge in [-0.3, -0.25) is 14.5 Å². The lowest BCUT2D eigenvalue weighted by molar-refractivity contribution is -0.384. The van der Waals surface area contributed by atoms with Gasteiger partial charge in [0.2, 0.25) is 0 Å². The van der Waals surface area contributed by atoms with Crippen molar-refractivity contribution in [3.05, 3.63) is 64.0 Å². The molecular weight excluding hydrogens is 288 g/mol. The van der Waals surface area contributed by atoms with Gasteiger partial charge in [0.25, 0.3) is 5.69 Å². The monoisotopic (exact) mass is 298 g/mol. The average molecular weight is 298 g/mol. The van der Waals surface area contributed by atoms with Crippen LogP contribution in [0.25, 0.3) is 15.9 Å². The van der Waals surface area contributed by atoms with Crippen LogP contribution >= 0.6 is 11.3 Å². The number of aromatic nitrogens is 3. The summed E-state index contributed by atoms with van der Waals surface area (Å²) in [5, 5.41) is 13.9. The number of fused-ring (bicyclic) bond motifs is 2. The van der Waals surface area contributed by atoms with E-state index >= 15 is 0 Å². The molecule has 0 radical (unpaired) electrons. The van der Waals surface area contributed by atoms with E-state index in [-0.39, 0.29) is 10.6 Å².